The Hall–Kier alpha value is -1.30. The van der Waals surface area contributed by atoms with Crippen molar-refractivity contribution in [3.8, 4) is 0 Å². The third kappa shape index (κ3) is 3.06. The smallest absolute Gasteiger partial charge is 0.227 e. The molecule has 1 fully saturated rings. The molecule has 1 unspecified atom stereocenters. The molecular formula is C14H17F2NO2S. The molecule has 0 spiro atoms. The van der Waals surface area contributed by atoms with Gasteiger partial charge in [0.2, 0.25) is 5.91 Å². The highest BCUT2D eigenvalue weighted by molar-refractivity contribution is 7.85. The summed E-state index contributed by atoms with van der Waals surface area (Å²) in [5.41, 5.74) is -0.762. The number of carbonyl (C=O) groups excluding carboxylic acids is 1. The Labute approximate surface area is 119 Å². The van der Waals surface area contributed by atoms with Crippen LogP contribution in [0.15, 0.2) is 18.2 Å². The van der Waals surface area contributed by atoms with Gasteiger partial charge in [-0.3, -0.25) is 9.00 Å². The molecule has 0 N–H and O–H groups in total. The second-order valence-corrected chi connectivity index (χ2v) is 7.10. The summed E-state index contributed by atoms with van der Waals surface area (Å²) < 4.78 is 38.7. The average Bonchev–Trinajstić information content (AvgIpc) is 2.32. The Bertz CT molecular complexity index is 540. The van der Waals surface area contributed by atoms with Gasteiger partial charge in [-0.2, -0.15) is 0 Å². The van der Waals surface area contributed by atoms with E-state index in [0.717, 1.165) is 12.1 Å². The standard InChI is InChI=1S/C14H17F2NO2S/c1-14(2)9-20(19)7-6-17(14)13(18)8-10-11(15)4-3-5-12(10)16/h3-5H,6-9H2,1-2H3. The van der Waals surface area contributed by atoms with Gasteiger partial charge in [0.25, 0.3) is 0 Å². The first-order valence-corrected chi connectivity index (χ1v) is 7.88. The van der Waals surface area contributed by atoms with Gasteiger partial charge < -0.3 is 4.90 Å². The van der Waals surface area contributed by atoms with E-state index in [1.165, 1.54) is 6.07 Å². The van der Waals surface area contributed by atoms with E-state index in [9.17, 15) is 17.8 Å². The molecule has 0 bridgehead atoms. The van der Waals surface area contributed by atoms with Crippen molar-refractivity contribution in [2.24, 2.45) is 0 Å². The second-order valence-electron chi connectivity index (χ2n) is 5.52. The van der Waals surface area contributed by atoms with Gasteiger partial charge in [-0.1, -0.05) is 6.07 Å². The van der Waals surface area contributed by atoms with Crippen molar-refractivity contribution in [1.29, 1.82) is 0 Å². The van der Waals surface area contributed by atoms with Crippen molar-refractivity contribution < 1.29 is 17.8 Å². The van der Waals surface area contributed by atoms with E-state index in [1.807, 2.05) is 13.8 Å². The summed E-state index contributed by atoms with van der Waals surface area (Å²) in [6, 6.07) is 3.55. The van der Waals surface area contributed by atoms with E-state index in [0.29, 0.717) is 18.1 Å². The van der Waals surface area contributed by atoms with Crippen LogP contribution in [0.5, 0.6) is 0 Å². The molecule has 1 heterocycles. The van der Waals surface area contributed by atoms with Gasteiger partial charge >= 0.3 is 0 Å². The number of hydrogen-bond donors (Lipinski definition) is 0. The summed E-state index contributed by atoms with van der Waals surface area (Å²) >= 11 is 0. The summed E-state index contributed by atoms with van der Waals surface area (Å²) in [7, 11) is -0.944. The number of amides is 1. The molecule has 1 aromatic carbocycles. The predicted molar refractivity (Wildman–Crippen MR) is 73.7 cm³/mol. The van der Waals surface area contributed by atoms with Gasteiger partial charge in [0.05, 0.1) is 6.42 Å². The fourth-order valence-corrected chi connectivity index (χ4v) is 3.92. The van der Waals surface area contributed by atoms with Crippen LogP contribution < -0.4 is 0 Å². The Morgan fingerprint density at radius 1 is 1.35 bits per heavy atom. The van der Waals surface area contributed by atoms with Gasteiger partial charge in [-0.05, 0) is 26.0 Å². The molecule has 110 valence electrons. The Morgan fingerprint density at radius 3 is 2.50 bits per heavy atom. The number of nitrogens with zero attached hydrogens (tertiary/aromatic N) is 1. The molecule has 1 aliphatic heterocycles. The fraction of sp³-hybridized carbons (Fsp3) is 0.500. The highest BCUT2D eigenvalue weighted by atomic mass is 32.2. The van der Waals surface area contributed by atoms with Gasteiger partial charge in [-0.15, -0.1) is 0 Å². The zero-order valence-electron chi connectivity index (χ0n) is 11.5. The largest absolute Gasteiger partial charge is 0.335 e. The lowest BCUT2D eigenvalue weighted by molar-refractivity contribution is -0.135. The molecule has 0 aliphatic carbocycles. The van der Waals surface area contributed by atoms with Crippen molar-refractivity contribution in [3.05, 3.63) is 35.4 Å². The summed E-state index contributed by atoms with van der Waals surface area (Å²) in [6.45, 7) is 3.99. The lowest BCUT2D eigenvalue weighted by Crippen LogP contribution is -2.56. The van der Waals surface area contributed by atoms with Crippen LogP contribution in [-0.2, 0) is 22.0 Å². The number of carbonyl (C=O) groups is 1. The van der Waals surface area contributed by atoms with Gasteiger partial charge in [0.1, 0.15) is 11.6 Å². The van der Waals surface area contributed by atoms with E-state index in [2.05, 4.69) is 0 Å². The summed E-state index contributed by atoms with van der Waals surface area (Å²) in [6.07, 6.45) is -0.311. The van der Waals surface area contributed by atoms with E-state index in [1.54, 1.807) is 4.90 Å². The molecule has 20 heavy (non-hydrogen) atoms. The van der Waals surface area contributed by atoms with Crippen LogP contribution in [-0.4, -0.2) is 38.6 Å². The van der Waals surface area contributed by atoms with E-state index in [4.69, 9.17) is 0 Å². The first-order chi connectivity index (χ1) is 9.31. The maximum Gasteiger partial charge on any atom is 0.227 e. The lowest BCUT2D eigenvalue weighted by Gasteiger charge is -2.42. The molecule has 1 aliphatic rings. The maximum atomic E-state index is 13.6. The zero-order valence-corrected chi connectivity index (χ0v) is 12.3. The summed E-state index contributed by atoms with van der Waals surface area (Å²) in [5.74, 6) is -0.961. The summed E-state index contributed by atoms with van der Waals surface area (Å²) in [5, 5.41) is 0. The Morgan fingerprint density at radius 2 is 1.95 bits per heavy atom. The minimum Gasteiger partial charge on any atom is -0.335 e. The number of hydrogen-bond acceptors (Lipinski definition) is 2. The predicted octanol–water partition coefficient (Wildman–Crippen LogP) is 1.88. The van der Waals surface area contributed by atoms with Crippen LogP contribution in [0.25, 0.3) is 0 Å². The molecule has 1 amide bonds. The molecular weight excluding hydrogens is 284 g/mol. The third-order valence-electron chi connectivity index (χ3n) is 3.48. The lowest BCUT2D eigenvalue weighted by atomic mass is 10.0. The van der Waals surface area contributed by atoms with Gasteiger partial charge in [-0.25, -0.2) is 8.78 Å². The molecule has 0 aromatic heterocycles. The van der Waals surface area contributed by atoms with Crippen molar-refractivity contribution in [2.75, 3.05) is 18.1 Å². The molecule has 6 heteroatoms. The molecule has 1 atom stereocenters. The maximum absolute atomic E-state index is 13.6. The SMILES string of the molecule is CC1(C)CS(=O)CCN1C(=O)Cc1c(F)cccc1F. The summed E-state index contributed by atoms with van der Waals surface area (Å²) in [4.78, 5) is 13.9. The van der Waals surface area contributed by atoms with Crippen molar-refractivity contribution >= 4 is 16.7 Å². The second kappa shape index (κ2) is 5.60. The molecule has 3 nitrogen and oxygen atoms in total. The molecule has 2 rings (SSSR count). The molecule has 0 radical (unpaired) electrons. The van der Waals surface area contributed by atoms with E-state index < -0.39 is 28.0 Å². The highest BCUT2D eigenvalue weighted by Gasteiger charge is 2.36. The molecule has 1 saturated heterocycles. The highest BCUT2D eigenvalue weighted by Crippen LogP contribution is 2.23. The van der Waals surface area contributed by atoms with Crippen LogP contribution in [0.4, 0.5) is 8.78 Å². The van der Waals surface area contributed by atoms with Crippen LogP contribution in [0.2, 0.25) is 0 Å². The Balaban J connectivity index is 2.18. The first kappa shape index (κ1) is 15.1. The fourth-order valence-electron chi connectivity index (χ4n) is 2.45. The van der Waals surface area contributed by atoms with Crippen molar-refractivity contribution in [1.82, 2.24) is 4.90 Å². The number of halogens is 2. The normalized spacial score (nSPS) is 21.8. The van der Waals surface area contributed by atoms with Gasteiger partial charge in [0, 0.05) is 40.0 Å². The van der Waals surface area contributed by atoms with Gasteiger partial charge in [0.15, 0.2) is 0 Å². The third-order valence-corrected chi connectivity index (χ3v) is 5.14. The van der Waals surface area contributed by atoms with Crippen LogP contribution in [0.1, 0.15) is 19.4 Å². The van der Waals surface area contributed by atoms with Crippen LogP contribution in [0, 0.1) is 11.6 Å². The minimum atomic E-state index is -0.944. The monoisotopic (exact) mass is 301 g/mol. The minimum absolute atomic E-state index is 0.208. The average molecular weight is 301 g/mol. The molecule has 1 aromatic rings. The van der Waals surface area contributed by atoms with Crippen molar-refractivity contribution in [3.63, 3.8) is 0 Å². The van der Waals surface area contributed by atoms with Crippen molar-refractivity contribution in [2.45, 2.75) is 25.8 Å². The van der Waals surface area contributed by atoms with E-state index >= 15 is 0 Å². The first-order valence-electron chi connectivity index (χ1n) is 6.39. The van der Waals surface area contributed by atoms with Crippen LogP contribution >= 0.6 is 0 Å². The number of benzene rings is 1. The topological polar surface area (TPSA) is 37.4 Å². The Kier molecular flexibility index (Phi) is 4.22. The quantitative estimate of drug-likeness (QED) is 0.836. The van der Waals surface area contributed by atoms with E-state index in [-0.39, 0.29) is 17.9 Å². The zero-order chi connectivity index (χ0) is 14.9. The molecule has 0 saturated carbocycles. The van der Waals surface area contributed by atoms with Crippen LogP contribution in [0.3, 0.4) is 0 Å². The number of rotatable bonds is 2.